The fourth-order valence-corrected chi connectivity index (χ4v) is 3.73. The van der Waals surface area contributed by atoms with Gasteiger partial charge in [-0.2, -0.15) is 0 Å². The van der Waals surface area contributed by atoms with Gasteiger partial charge in [-0.3, -0.25) is 14.4 Å². The molecule has 0 bridgehead atoms. The molecule has 1 N–H and O–H groups in total. The summed E-state index contributed by atoms with van der Waals surface area (Å²) in [7, 11) is 0. The van der Waals surface area contributed by atoms with Gasteiger partial charge in [-0.1, -0.05) is 41.1 Å². The summed E-state index contributed by atoms with van der Waals surface area (Å²) in [5.41, 5.74) is 0.335. The van der Waals surface area contributed by atoms with E-state index >= 15 is 0 Å². The number of nitrogens with zero attached hydrogens (tertiary/aromatic N) is 1. The van der Waals surface area contributed by atoms with Crippen LogP contribution in [0.2, 0.25) is 0 Å². The first kappa shape index (κ1) is 24.6. The van der Waals surface area contributed by atoms with E-state index in [4.69, 9.17) is 14.2 Å². The van der Waals surface area contributed by atoms with E-state index in [1.54, 1.807) is 30.3 Å². The van der Waals surface area contributed by atoms with Crippen molar-refractivity contribution in [2.45, 2.75) is 25.8 Å². The van der Waals surface area contributed by atoms with Crippen molar-refractivity contribution in [2.75, 3.05) is 32.9 Å². The molecule has 8 nitrogen and oxygen atoms in total. The number of benzene rings is 2. The summed E-state index contributed by atoms with van der Waals surface area (Å²) < 4.78 is 17.2. The SMILES string of the molecule is CCCOc1ccc(Br)cc1C(=O)N1CCNC(=O)C1CC(=O)OCCOc1ccccc1. The minimum absolute atomic E-state index is 0.0383. The Bertz CT molecular complexity index is 969. The molecule has 0 aromatic heterocycles. The molecule has 1 aliphatic rings. The first-order valence-electron chi connectivity index (χ1n) is 10.8. The number of amides is 2. The van der Waals surface area contributed by atoms with Crippen molar-refractivity contribution in [1.82, 2.24) is 10.2 Å². The van der Waals surface area contributed by atoms with Crippen LogP contribution in [0.5, 0.6) is 11.5 Å². The highest BCUT2D eigenvalue weighted by atomic mass is 79.9. The van der Waals surface area contributed by atoms with E-state index in [1.807, 2.05) is 25.1 Å². The molecule has 1 atom stereocenters. The van der Waals surface area contributed by atoms with Crippen molar-refractivity contribution in [1.29, 1.82) is 0 Å². The Morgan fingerprint density at radius 3 is 2.64 bits per heavy atom. The molecule has 0 aliphatic carbocycles. The van der Waals surface area contributed by atoms with Gasteiger partial charge >= 0.3 is 5.97 Å². The maximum Gasteiger partial charge on any atom is 0.308 e. The van der Waals surface area contributed by atoms with Crippen LogP contribution in [0.4, 0.5) is 0 Å². The molecule has 1 heterocycles. The lowest BCUT2D eigenvalue weighted by Crippen LogP contribution is -2.57. The second-order valence-electron chi connectivity index (χ2n) is 7.38. The van der Waals surface area contributed by atoms with Gasteiger partial charge in [0.25, 0.3) is 5.91 Å². The predicted octanol–water partition coefficient (Wildman–Crippen LogP) is 3.19. The van der Waals surface area contributed by atoms with Crippen molar-refractivity contribution >= 4 is 33.7 Å². The monoisotopic (exact) mass is 518 g/mol. The number of esters is 1. The van der Waals surface area contributed by atoms with Crippen LogP contribution in [-0.2, 0) is 14.3 Å². The van der Waals surface area contributed by atoms with Crippen LogP contribution in [0.3, 0.4) is 0 Å². The number of para-hydroxylation sites is 1. The van der Waals surface area contributed by atoms with Gasteiger partial charge in [0, 0.05) is 17.6 Å². The third-order valence-corrected chi connectivity index (χ3v) is 5.44. The van der Waals surface area contributed by atoms with Gasteiger partial charge < -0.3 is 24.4 Å². The fourth-order valence-electron chi connectivity index (χ4n) is 3.37. The molecule has 0 spiro atoms. The number of hydrogen-bond donors (Lipinski definition) is 1. The van der Waals surface area contributed by atoms with Crippen LogP contribution >= 0.6 is 15.9 Å². The lowest BCUT2D eigenvalue weighted by Gasteiger charge is -2.35. The van der Waals surface area contributed by atoms with Crippen molar-refractivity contribution in [2.24, 2.45) is 0 Å². The van der Waals surface area contributed by atoms with Crippen LogP contribution < -0.4 is 14.8 Å². The molecule has 0 saturated carbocycles. The average molecular weight is 519 g/mol. The Hall–Kier alpha value is -3.07. The standard InChI is InChI=1S/C24H27BrN2O6/c1-2-12-32-21-9-8-17(25)15-19(21)24(30)27-11-10-26-23(29)20(27)16-22(28)33-14-13-31-18-6-4-3-5-7-18/h3-9,15,20H,2,10-14,16H2,1H3,(H,26,29). The van der Waals surface area contributed by atoms with Gasteiger partial charge in [-0.05, 0) is 36.8 Å². The first-order valence-corrected chi connectivity index (χ1v) is 11.6. The van der Waals surface area contributed by atoms with Gasteiger partial charge in [0.15, 0.2) is 0 Å². The van der Waals surface area contributed by atoms with Gasteiger partial charge in [-0.25, -0.2) is 0 Å². The number of piperazine rings is 1. The normalized spacial score (nSPS) is 15.5. The zero-order valence-corrected chi connectivity index (χ0v) is 20.0. The molecule has 33 heavy (non-hydrogen) atoms. The summed E-state index contributed by atoms with van der Waals surface area (Å²) in [6.07, 6.45) is 0.542. The molecule has 2 aromatic rings. The lowest BCUT2D eigenvalue weighted by atomic mass is 10.1. The molecule has 1 fully saturated rings. The maximum absolute atomic E-state index is 13.4. The van der Waals surface area contributed by atoms with E-state index < -0.39 is 17.9 Å². The van der Waals surface area contributed by atoms with Crippen LogP contribution in [0.25, 0.3) is 0 Å². The minimum Gasteiger partial charge on any atom is -0.493 e. The van der Waals surface area contributed by atoms with E-state index in [2.05, 4.69) is 21.2 Å². The van der Waals surface area contributed by atoms with Crippen LogP contribution in [0, 0.1) is 0 Å². The van der Waals surface area contributed by atoms with Gasteiger partial charge in [-0.15, -0.1) is 0 Å². The van der Waals surface area contributed by atoms with Crippen molar-refractivity contribution in [3.05, 3.63) is 58.6 Å². The van der Waals surface area contributed by atoms with E-state index in [0.29, 0.717) is 34.7 Å². The molecule has 2 aromatic carbocycles. The van der Waals surface area contributed by atoms with E-state index in [-0.39, 0.29) is 32.1 Å². The Morgan fingerprint density at radius 1 is 1.09 bits per heavy atom. The number of ether oxygens (including phenoxy) is 3. The third kappa shape index (κ3) is 6.95. The molecule has 9 heteroatoms. The Balaban J connectivity index is 1.63. The fraction of sp³-hybridized carbons (Fsp3) is 0.375. The van der Waals surface area contributed by atoms with Crippen LogP contribution in [-0.4, -0.2) is 61.6 Å². The van der Waals surface area contributed by atoms with Gasteiger partial charge in [0.2, 0.25) is 5.91 Å². The highest BCUT2D eigenvalue weighted by Gasteiger charge is 2.36. The van der Waals surface area contributed by atoms with Crippen molar-refractivity contribution < 1.29 is 28.6 Å². The van der Waals surface area contributed by atoms with Gasteiger partial charge in [0.05, 0.1) is 18.6 Å². The molecule has 176 valence electrons. The topological polar surface area (TPSA) is 94.2 Å². The molecular weight excluding hydrogens is 492 g/mol. The Kier molecular flexibility index (Phi) is 9.12. The summed E-state index contributed by atoms with van der Waals surface area (Å²) in [5, 5.41) is 2.72. The largest absolute Gasteiger partial charge is 0.493 e. The smallest absolute Gasteiger partial charge is 0.308 e. The predicted molar refractivity (Wildman–Crippen MR) is 125 cm³/mol. The quantitative estimate of drug-likeness (QED) is 0.383. The average Bonchev–Trinajstić information content (AvgIpc) is 2.82. The molecule has 2 amide bonds. The Labute approximate surface area is 201 Å². The number of halogens is 1. The number of carbonyl (C=O) groups excluding carboxylic acids is 3. The molecule has 1 saturated heterocycles. The summed E-state index contributed by atoms with van der Waals surface area (Å²) in [6, 6.07) is 13.4. The first-order chi connectivity index (χ1) is 16.0. The Morgan fingerprint density at radius 2 is 1.88 bits per heavy atom. The second kappa shape index (κ2) is 12.2. The molecule has 0 radical (unpaired) electrons. The number of carbonyl (C=O) groups is 3. The van der Waals surface area contributed by atoms with E-state index in [0.717, 1.165) is 6.42 Å². The van der Waals surface area contributed by atoms with E-state index in [9.17, 15) is 14.4 Å². The third-order valence-electron chi connectivity index (χ3n) is 4.94. The van der Waals surface area contributed by atoms with Crippen LogP contribution in [0.15, 0.2) is 53.0 Å². The minimum atomic E-state index is -0.966. The van der Waals surface area contributed by atoms with Crippen LogP contribution in [0.1, 0.15) is 30.1 Å². The molecular formula is C24H27BrN2O6. The maximum atomic E-state index is 13.4. The highest BCUT2D eigenvalue weighted by Crippen LogP contribution is 2.26. The number of rotatable bonds is 10. The summed E-state index contributed by atoms with van der Waals surface area (Å²) in [4.78, 5) is 39.7. The van der Waals surface area contributed by atoms with E-state index in [1.165, 1.54) is 4.90 Å². The molecule has 1 unspecified atom stereocenters. The number of hydrogen-bond acceptors (Lipinski definition) is 6. The molecule has 1 aliphatic heterocycles. The number of nitrogens with one attached hydrogen (secondary N) is 1. The summed E-state index contributed by atoms with van der Waals surface area (Å²) in [5.74, 6) is -0.230. The summed E-state index contributed by atoms with van der Waals surface area (Å²) in [6.45, 7) is 3.24. The second-order valence-corrected chi connectivity index (χ2v) is 8.30. The summed E-state index contributed by atoms with van der Waals surface area (Å²) >= 11 is 3.38. The zero-order valence-electron chi connectivity index (χ0n) is 18.4. The zero-order chi connectivity index (χ0) is 23.6. The molecule has 3 rings (SSSR count). The lowest BCUT2D eigenvalue weighted by molar-refractivity contribution is -0.148. The highest BCUT2D eigenvalue weighted by molar-refractivity contribution is 9.10. The van der Waals surface area contributed by atoms with Gasteiger partial charge in [0.1, 0.15) is 30.8 Å². The van der Waals surface area contributed by atoms with Crippen molar-refractivity contribution in [3.63, 3.8) is 0 Å². The van der Waals surface area contributed by atoms with Crippen molar-refractivity contribution in [3.8, 4) is 11.5 Å².